The number of hydrogen-bond donors (Lipinski definition) is 0. The first-order valence-corrected chi connectivity index (χ1v) is 16.3. The molecule has 0 N–H and O–H groups in total. The zero-order chi connectivity index (χ0) is 32.3. The van der Waals surface area contributed by atoms with E-state index in [2.05, 4.69) is 129 Å². The summed E-state index contributed by atoms with van der Waals surface area (Å²) in [5.74, 6) is 2.02. The molecule has 5 nitrogen and oxygen atoms in total. The summed E-state index contributed by atoms with van der Waals surface area (Å²) in [5.41, 5.74) is 8.51. The fourth-order valence-electron chi connectivity index (χ4n) is 7.19. The Morgan fingerprint density at radius 2 is 1.22 bits per heavy atom. The van der Waals surface area contributed by atoms with Crippen molar-refractivity contribution in [3.63, 3.8) is 0 Å². The van der Waals surface area contributed by atoms with Crippen molar-refractivity contribution in [2.75, 3.05) is 0 Å². The van der Waals surface area contributed by atoms with Crippen LogP contribution < -0.4 is 4.74 Å². The molecule has 10 rings (SSSR count). The van der Waals surface area contributed by atoms with Crippen LogP contribution in [0.2, 0.25) is 0 Å². The molecule has 0 fully saturated rings. The summed E-state index contributed by atoms with van der Waals surface area (Å²) in [5, 5.41) is 5.32. The van der Waals surface area contributed by atoms with E-state index in [0.717, 1.165) is 77.2 Å². The van der Waals surface area contributed by atoms with E-state index in [1.54, 1.807) is 0 Å². The SMILES string of the molecule is [Pt+2].[c-]1c(Oc2[c-]c3c(cc2)c2ccccc2n3-c2ccccn2)ccc2c1c1nccn1c1c(-c3ccccc3)ccc(-c3ccccc3)c21. The van der Waals surface area contributed by atoms with Crippen LogP contribution in [0.4, 0.5) is 0 Å². The minimum atomic E-state index is 0. The molecule has 6 heteroatoms. The average Bonchev–Trinajstić information content (AvgIpc) is 3.79. The Morgan fingerprint density at radius 3 is 2.00 bits per heavy atom. The largest absolute Gasteiger partial charge is 2.00 e. The van der Waals surface area contributed by atoms with Gasteiger partial charge < -0.3 is 13.7 Å². The van der Waals surface area contributed by atoms with Gasteiger partial charge in [-0.25, -0.2) is 4.98 Å². The third-order valence-electron chi connectivity index (χ3n) is 9.30. The van der Waals surface area contributed by atoms with Gasteiger partial charge in [-0.05, 0) is 45.7 Å². The summed E-state index contributed by atoms with van der Waals surface area (Å²) in [7, 11) is 0. The van der Waals surface area contributed by atoms with E-state index in [-0.39, 0.29) is 21.1 Å². The predicted molar refractivity (Wildman–Crippen MR) is 197 cm³/mol. The predicted octanol–water partition coefficient (Wildman–Crippen LogP) is 10.9. The van der Waals surface area contributed by atoms with Crippen molar-refractivity contribution < 1.29 is 25.8 Å². The maximum atomic E-state index is 6.55. The Labute approximate surface area is 302 Å². The third-order valence-corrected chi connectivity index (χ3v) is 9.30. The molecule has 0 aliphatic carbocycles. The first kappa shape index (κ1) is 30.1. The Kier molecular flexibility index (Phi) is 7.30. The van der Waals surface area contributed by atoms with Gasteiger partial charge in [0.2, 0.25) is 0 Å². The third kappa shape index (κ3) is 4.74. The Morgan fingerprint density at radius 1 is 0.540 bits per heavy atom. The normalized spacial score (nSPS) is 11.4. The van der Waals surface area contributed by atoms with Gasteiger partial charge >= 0.3 is 21.1 Å². The van der Waals surface area contributed by atoms with Crippen molar-refractivity contribution in [3.8, 4) is 39.6 Å². The van der Waals surface area contributed by atoms with Gasteiger partial charge in [0, 0.05) is 46.7 Å². The number of aromatic nitrogens is 4. The number of benzene rings is 6. The summed E-state index contributed by atoms with van der Waals surface area (Å²) in [6, 6.07) is 55.2. The van der Waals surface area contributed by atoms with Crippen LogP contribution in [0.15, 0.2) is 158 Å². The summed E-state index contributed by atoms with van der Waals surface area (Å²) in [6.45, 7) is 0. The molecule has 0 amide bonds. The van der Waals surface area contributed by atoms with Gasteiger partial charge in [-0.2, -0.15) is 6.07 Å². The standard InChI is InChI=1S/C44H26N4O.Pt/c1-3-11-29(12-4-1)33-22-23-34(30-13-5-2-6-14-30)43-42(33)37-21-19-31(27-38(37)44-46-25-26-47(43)44)49-32-18-20-36-35-15-7-8-16-39(35)48(40(36)28-32)41-17-9-10-24-45-41;/h1-26H;/q-2;+2. The van der Waals surface area contributed by atoms with Gasteiger partial charge in [-0.15, -0.1) is 29.7 Å². The second-order valence-electron chi connectivity index (χ2n) is 12.1. The van der Waals surface area contributed by atoms with Gasteiger partial charge in [0.15, 0.2) is 0 Å². The summed E-state index contributed by atoms with van der Waals surface area (Å²) >= 11 is 0. The number of ether oxygens (including phenoxy) is 1. The topological polar surface area (TPSA) is 44.3 Å². The van der Waals surface area contributed by atoms with Crippen molar-refractivity contribution in [1.82, 2.24) is 18.9 Å². The van der Waals surface area contributed by atoms with E-state index in [0.29, 0.717) is 11.5 Å². The number of pyridine rings is 2. The monoisotopic (exact) mass is 821 g/mol. The molecule has 0 bridgehead atoms. The molecule has 50 heavy (non-hydrogen) atoms. The summed E-state index contributed by atoms with van der Waals surface area (Å²) < 4.78 is 10.9. The van der Waals surface area contributed by atoms with Crippen molar-refractivity contribution in [2.24, 2.45) is 0 Å². The van der Waals surface area contributed by atoms with E-state index in [1.807, 2.05) is 55.0 Å². The van der Waals surface area contributed by atoms with Gasteiger partial charge in [0.25, 0.3) is 0 Å². The molecule has 10 aromatic rings. The molecule has 0 radical (unpaired) electrons. The Bertz CT molecular complexity index is 2850. The van der Waals surface area contributed by atoms with Crippen LogP contribution in [-0.2, 0) is 21.1 Å². The molecule has 4 heterocycles. The minimum absolute atomic E-state index is 0. The molecule has 0 unspecified atom stereocenters. The number of hydrogen-bond acceptors (Lipinski definition) is 3. The van der Waals surface area contributed by atoms with E-state index in [1.165, 1.54) is 0 Å². The zero-order valence-electron chi connectivity index (χ0n) is 26.5. The number of imidazole rings is 1. The minimum Gasteiger partial charge on any atom is -0.503 e. The number of rotatable bonds is 5. The van der Waals surface area contributed by atoms with Crippen molar-refractivity contribution >= 4 is 49.1 Å². The van der Waals surface area contributed by atoms with Crippen LogP contribution in [0.5, 0.6) is 11.5 Å². The van der Waals surface area contributed by atoms with Crippen LogP contribution in [0.25, 0.3) is 77.2 Å². The molecule has 0 aliphatic rings. The fraction of sp³-hybridized carbons (Fsp3) is 0. The molecule has 6 aromatic carbocycles. The molecule has 238 valence electrons. The second kappa shape index (κ2) is 12.1. The van der Waals surface area contributed by atoms with Crippen LogP contribution in [-0.4, -0.2) is 18.9 Å². The van der Waals surface area contributed by atoms with Crippen LogP contribution in [0, 0.1) is 12.1 Å². The molecule has 4 aromatic heterocycles. The van der Waals surface area contributed by atoms with E-state index in [4.69, 9.17) is 9.72 Å². The van der Waals surface area contributed by atoms with Crippen LogP contribution in [0.3, 0.4) is 0 Å². The zero-order valence-corrected chi connectivity index (χ0v) is 28.8. The average molecular weight is 822 g/mol. The molecule has 0 spiro atoms. The summed E-state index contributed by atoms with van der Waals surface area (Å²) in [6.07, 6.45) is 5.71. The Balaban J connectivity index is 0.00000336. The smallest absolute Gasteiger partial charge is 0.503 e. The quantitative estimate of drug-likeness (QED) is 0.128. The van der Waals surface area contributed by atoms with Crippen molar-refractivity contribution in [3.05, 3.63) is 170 Å². The Hall–Kier alpha value is -6.03. The van der Waals surface area contributed by atoms with Gasteiger partial charge in [0.1, 0.15) is 5.82 Å². The molecule has 0 saturated heterocycles. The van der Waals surface area contributed by atoms with Crippen LogP contribution >= 0.6 is 0 Å². The number of para-hydroxylation sites is 1. The number of fused-ring (bicyclic) bond motifs is 9. The first-order valence-electron chi connectivity index (χ1n) is 16.3. The maximum Gasteiger partial charge on any atom is 2.00 e. The molecule has 0 aliphatic heterocycles. The molecule has 0 saturated carbocycles. The van der Waals surface area contributed by atoms with Gasteiger partial charge in [-0.3, -0.25) is 4.98 Å². The van der Waals surface area contributed by atoms with E-state index in [9.17, 15) is 0 Å². The molecular formula is C44H26N4OPt. The van der Waals surface area contributed by atoms with E-state index < -0.39 is 0 Å². The van der Waals surface area contributed by atoms with Crippen LogP contribution in [0.1, 0.15) is 0 Å². The maximum absolute atomic E-state index is 6.55. The van der Waals surface area contributed by atoms with E-state index >= 15 is 0 Å². The number of nitrogens with zero attached hydrogens (tertiary/aromatic N) is 4. The second-order valence-corrected chi connectivity index (χ2v) is 12.1. The molecular weight excluding hydrogens is 796 g/mol. The summed E-state index contributed by atoms with van der Waals surface area (Å²) in [4.78, 5) is 9.51. The van der Waals surface area contributed by atoms with Gasteiger partial charge in [0.05, 0.1) is 5.65 Å². The van der Waals surface area contributed by atoms with Gasteiger partial charge in [-0.1, -0.05) is 119 Å². The van der Waals surface area contributed by atoms with Crippen molar-refractivity contribution in [2.45, 2.75) is 0 Å². The molecule has 0 atom stereocenters. The first-order chi connectivity index (χ1) is 24.3. The fourth-order valence-corrected chi connectivity index (χ4v) is 7.19. The van der Waals surface area contributed by atoms with Crippen molar-refractivity contribution in [1.29, 1.82) is 0 Å².